The molecule has 1 N–H and O–H groups in total. The van der Waals surface area contributed by atoms with Crippen molar-refractivity contribution in [3.8, 4) is 0 Å². The number of aromatic nitrogens is 4. The molecule has 0 aromatic carbocycles. The van der Waals surface area contributed by atoms with Gasteiger partial charge in [0.25, 0.3) is 0 Å². The molecule has 0 radical (unpaired) electrons. The maximum Gasteiger partial charge on any atom is 0.159 e. The van der Waals surface area contributed by atoms with Gasteiger partial charge >= 0.3 is 0 Å². The van der Waals surface area contributed by atoms with Crippen LogP contribution in [-0.4, -0.2) is 24.4 Å². The third-order valence-electron chi connectivity index (χ3n) is 4.72. The summed E-state index contributed by atoms with van der Waals surface area (Å²) in [7, 11) is 0. The highest BCUT2D eigenvalue weighted by Crippen LogP contribution is 2.46. The number of nitrogens with zero attached hydrogens (tertiary/aromatic N) is 4. The van der Waals surface area contributed by atoms with E-state index in [0.717, 1.165) is 11.5 Å². The second kappa shape index (κ2) is 4.44. The first kappa shape index (κ1) is 13.1. The topological polar surface area (TPSA) is 55.9 Å². The van der Waals surface area contributed by atoms with E-state index in [1.165, 1.54) is 31.5 Å². The van der Waals surface area contributed by atoms with Crippen molar-refractivity contribution in [2.45, 2.75) is 63.6 Å². The largest absolute Gasteiger partial charge is 0.390 e. The summed E-state index contributed by atoms with van der Waals surface area (Å²) in [6.45, 7) is 4.36. The molecule has 0 saturated heterocycles. The molecule has 0 amide bonds. The molecule has 0 unspecified atom stereocenters. The Hall–Kier alpha value is -1.62. The van der Waals surface area contributed by atoms with Crippen molar-refractivity contribution in [3.05, 3.63) is 35.7 Å². The van der Waals surface area contributed by atoms with Crippen LogP contribution >= 0.6 is 0 Å². The number of hydrogen-bond donors (Lipinski definition) is 1. The Morgan fingerprint density at radius 2 is 2.00 bits per heavy atom. The van der Waals surface area contributed by atoms with Gasteiger partial charge in [-0.15, -0.1) is 10.2 Å². The second-order valence-corrected chi connectivity index (χ2v) is 6.84. The van der Waals surface area contributed by atoms with Crippen LogP contribution in [0.1, 0.15) is 68.8 Å². The molecule has 4 rings (SSSR count). The molecule has 2 saturated carbocycles. The van der Waals surface area contributed by atoms with Gasteiger partial charge in [0.15, 0.2) is 5.82 Å². The molecule has 2 aliphatic rings. The maximum absolute atomic E-state index is 9.55. The molecular weight excluding hydrogens is 264 g/mol. The van der Waals surface area contributed by atoms with Gasteiger partial charge in [-0.05, 0) is 51.7 Å². The fourth-order valence-corrected chi connectivity index (χ4v) is 3.23. The van der Waals surface area contributed by atoms with Gasteiger partial charge in [-0.25, -0.2) is 0 Å². The fraction of sp³-hybridized carbons (Fsp3) is 0.625. The molecule has 2 aliphatic carbocycles. The van der Waals surface area contributed by atoms with Gasteiger partial charge in [-0.2, -0.15) is 0 Å². The van der Waals surface area contributed by atoms with Crippen LogP contribution in [0, 0.1) is 0 Å². The first-order chi connectivity index (χ1) is 10.1. The summed E-state index contributed by atoms with van der Waals surface area (Å²) in [5.41, 5.74) is 0.614. The predicted octanol–water partition coefficient (Wildman–Crippen LogP) is 2.57. The van der Waals surface area contributed by atoms with Gasteiger partial charge in [0.1, 0.15) is 5.82 Å². The summed E-state index contributed by atoms with van der Waals surface area (Å²) in [4.78, 5) is 0. The smallest absolute Gasteiger partial charge is 0.159 e. The van der Waals surface area contributed by atoms with Crippen molar-refractivity contribution in [1.82, 2.24) is 19.3 Å². The van der Waals surface area contributed by atoms with Crippen LogP contribution < -0.4 is 0 Å². The van der Waals surface area contributed by atoms with Crippen LogP contribution in [0.3, 0.4) is 0 Å². The van der Waals surface area contributed by atoms with E-state index in [9.17, 15) is 5.11 Å². The lowest BCUT2D eigenvalue weighted by atomic mass is 10.0. The highest BCUT2D eigenvalue weighted by molar-refractivity contribution is 5.20. The summed E-state index contributed by atoms with van der Waals surface area (Å²) in [6, 6.07) is 4.52. The van der Waals surface area contributed by atoms with Crippen LogP contribution in [0.15, 0.2) is 18.3 Å². The summed E-state index contributed by atoms with van der Waals surface area (Å²) < 4.78 is 4.51. The lowest BCUT2D eigenvalue weighted by Gasteiger charge is -2.29. The van der Waals surface area contributed by atoms with Gasteiger partial charge in [-0.3, -0.25) is 0 Å². The van der Waals surface area contributed by atoms with Crippen LogP contribution in [0.5, 0.6) is 0 Å². The Kier molecular flexibility index (Phi) is 2.76. The van der Waals surface area contributed by atoms with Crippen molar-refractivity contribution in [1.29, 1.82) is 0 Å². The minimum Gasteiger partial charge on any atom is -0.390 e. The lowest BCUT2D eigenvalue weighted by Crippen LogP contribution is -2.32. The lowest BCUT2D eigenvalue weighted by molar-refractivity contribution is 0.256. The molecule has 0 bridgehead atoms. The van der Waals surface area contributed by atoms with Crippen LogP contribution in [0.4, 0.5) is 0 Å². The zero-order chi connectivity index (χ0) is 14.6. The zero-order valence-electron chi connectivity index (χ0n) is 12.7. The van der Waals surface area contributed by atoms with E-state index in [0.29, 0.717) is 12.0 Å². The Morgan fingerprint density at radius 1 is 1.24 bits per heavy atom. The Bertz CT molecular complexity index is 662. The minimum atomic E-state index is -0.301. The Morgan fingerprint density at radius 3 is 2.62 bits per heavy atom. The molecule has 0 spiro atoms. The summed E-state index contributed by atoms with van der Waals surface area (Å²) in [5, 5.41) is 18.6. The third kappa shape index (κ3) is 2.02. The molecule has 21 heavy (non-hydrogen) atoms. The molecule has 0 aliphatic heterocycles. The minimum absolute atomic E-state index is 0.0451. The second-order valence-electron chi connectivity index (χ2n) is 6.84. The van der Waals surface area contributed by atoms with Crippen molar-refractivity contribution < 1.29 is 5.11 Å². The first-order valence-electron chi connectivity index (χ1n) is 7.85. The SMILES string of the molecule is CC(C)(c1nnc(C2CC2)n1C1CC1)n1cccc1CO. The summed E-state index contributed by atoms with van der Waals surface area (Å²) in [6.07, 6.45) is 6.99. The summed E-state index contributed by atoms with van der Waals surface area (Å²) >= 11 is 0. The quantitative estimate of drug-likeness (QED) is 0.919. The summed E-state index contributed by atoms with van der Waals surface area (Å²) in [5.74, 6) is 2.82. The van der Waals surface area contributed by atoms with E-state index >= 15 is 0 Å². The van der Waals surface area contributed by atoms with E-state index in [2.05, 4.69) is 33.2 Å². The van der Waals surface area contributed by atoms with Crippen LogP contribution in [0.25, 0.3) is 0 Å². The van der Waals surface area contributed by atoms with Gasteiger partial charge in [-0.1, -0.05) is 0 Å². The molecule has 2 heterocycles. The Balaban J connectivity index is 1.81. The van der Waals surface area contributed by atoms with Crippen molar-refractivity contribution in [3.63, 3.8) is 0 Å². The van der Waals surface area contributed by atoms with Crippen molar-refractivity contribution in [2.24, 2.45) is 0 Å². The van der Waals surface area contributed by atoms with Crippen LogP contribution in [-0.2, 0) is 12.1 Å². The van der Waals surface area contributed by atoms with Crippen LogP contribution in [0.2, 0.25) is 0 Å². The molecule has 5 heteroatoms. The first-order valence-corrected chi connectivity index (χ1v) is 7.85. The highest BCUT2D eigenvalue weighted by Gasteiger charge is 2.40. The van der Waals surface area contributed by atoms with E-state index in [-0.39, 0.29) is 12.1 Å². The number of aliphatic hydroxyl groups excluding tert-OH is 1. The van der Waals surface area contributed by atoms with Gasteiger partial charge in [0, 0.05) is 23.9 Å². The fourth-order valence-electron chi connectivity index (χ4n) is 3.23. The molecule has 5 nitrogen and oxygen atoms in total. The van der Waals surface area contributed by atoms with E-state index in [4.69, 9.17) is 0 Å². The molecule has 112 valence electrons. The van der Waals surface area contributed by atoms with Crippen molar-refractivity contribution >= 4 is 0 Å². The average Bonchev–Trinajstić information content (AvgIpc) is 3.40. The predicted molar refractivity (Wildman–Crippen MR) is 79.0 cm³/mol. The average molecular weight is 286 g/mol. The number of aliphatic hydroxyl groups is 1. The molecular formula is C16H22N4O. The third-order valence-corrected chi connectivity index (χ3v) is 4.72. The standard InChI is InChI=1S/C16H22N4O/c1-16(2,19-9-3-4-13(19)10-21)15-18-17-14(11-5-6-11)20(15)12-7-8-12/h3-4,9,11-12,21H,5-8,10H2,1-2H3. The maximum atomic E-state index is 9.55. The normalized spacial score (nSPS) is 19.2. The van der Waals surface area contributed by atoms with Gasteiger partial charge in [0.05, 0.1) is 12.1 Å². The number of rotatable bonds is 5. The number of hydrogen-bond acceptors (Lipinski definition) is 3. The Labute approximate surface area is 124 Å². The molecule has 2 aromatic rings. The van der Waals surface area contributed by atoms with E-state index in [1.54, 1.807) is 0 Å². The van der Waals surface area contributed by atoms with E-state index in [1.807, 2.05) is 18.3 Å². The highest BCUT2D eigenvalue weighted by atomic mass is 16.3. The zero-order valence-corrected chi connectivity index (χ0v) is 12.7. The monoisotopic (exact) mass is 286 g/mol. The molecule has 2 fully saturated rings. The van der Waals surface area contributed by atoms with E-state index < -0.39 is 0 Å². The molecule has 2 aromatic heterocycles. The van der Waals surface area contributed by atoms with Gasteiger partial charge in [0.2, 0.25) is 0 Å². The van der Waals surface area contributed by atoms with Crippen molar-refractivity contribution in [2.75, 3.05) is 0 Å². The van der Waals surface area contributed by atoms with Gasteiger partial charge < -0.3 is 14.2 Å². The molecule has 0 atom stereocenters.